The molecule has 6 nitrogen and oxygen atoms in total. The van der Waals surface area contributed by atoms with Gasteiger partial charge in [-0.3, -0.25) is 4.79 Å². The standard InChI is InChI=1S/C20H26N4O2/c1-15-5-6-16(12-19(15)26-11-3-8-21)20(25)24-10-2-4-17(13-24)18-7-9-22-14-23-18/h5-7,9,12,14,17H,2-4,8,10-11,13,21H2,1H3. The largest absolute Gasteiger partial charge is 0.493 e. The summed E-state index contributed by atoms with van der Waals surface area (Å²) < 4.78 is 5.78. The molecule has 0 spiro atoms. The average molecular weight is 354 g/mol. The molecule has 0 aliphatic carbocycles. The second kappa shape index (κ2) is 8.76. The van der Waals surface area contributed by atoms with Crippen LogP contribution in [0.15, 0.2) is 36.8 Å². The van der Waals surface area contributed by atoms with Crippen molar-refractivity contribution < 1.29 is 9.53 Å². The number of carbonyl (C=O) groups excluding carboxylic acids is 1. The van der Waals surface area contributed by atoms with E-state index in [0.29, 0.717) is 25.3 Å². The van der Waals surface area contributed by atoms with E-state index in [1.165, 1.54) is 0 Å². The van der Waals surface area contributed by atoms with Crippen molar-refractivity contribution in [3.05, 3.63) is 53.6 Å². The van der Waals surface area contributed by atoms with Crippen molar-refractivity contribution in [2.24, 2.45) is 5.73 Å². The third-order valence-corrected chi connectivity index (χ3v) is 4.77. The van der Waals surface area contributed by atoms with Crippen molar-refractivity contribution in [1.82, 2.24) is 14.9 Å². The van der Waals surface area contributed by atoms with Gasteiger partial charge in [0, 0.05) is 36.5 Å². The van der Waals surface area contributed by atoms with Gasteiger partial charge in [-0.25, -0.2) is 9.97 Å². The minimum absolute atomic E-state index is 0.0485. The first-order chi connectivity index (χ1) is 12.7. The minimum atomic E-state index is 0.0485. The number of nitrogens with zero attached hydrogens (tertiary/aromatic N) is 3. The molecule has 138 valence electrons. The van der Waals surface area contributed by atoms with Gasteiger partial charge in [-0.05, 0) is 56.5 Å². The van der Waals surface area contributed by atoms with Gasteiger partial charge in [-0.2, -0.15) is 0 Å². The molecule has 1 aliphatic heterocycles. The maximum Gasteiger partial charge on any atom is 0.254 e. The van der Waals surface area contributed by atoms with Crippen LogP contribution in [0.5, 0.6) is 5.75 Å². The van der Waals surface area contributed by atoms with Crippen molar-refractivity contribution in [2.75, 3.05) is 26.2 Å². The summed E-state index contributed by atoms with van der Waals surface area (Å²) in [7, 11) is 0. The van der Waals surface area contributed by atoms with E-state index in [1.54, 1.807) is 12.5 Å². The normalized spacial score (nSPS) is 17.2. The molecule has 0 bridgehead atoms. The first kappa shape index (κ1) is 18.3. The highest BCUT2D eigenvalue weighted by Crippen LogP contribution is 2.27. The van der Waals surface area contributed by atoms with Crippen LogP contribution in [-0.4, -0.2) is 47.0 Å². The first-order valence-electron chi connectivity index (χ1n) is 9.17. The van der Waals surface area contributed by atoms with Crippen molar-refractivity contribution >= 4 is 5.91 Å². The number of rotatable bonds is 6. The number of amides is 1. The summed E-state index contributed by atoms with van der Waals surface area (Å²) in [4.78, 5) is 23.2. The van der Waals surface area contributed by atoms with Crippen molar-refractivity contribution in [3.63, 3.8) is 0 Å². The number of hydrogen-bond acceptors (Lipinski definition) is 5. The van der Waals surface area contributed by atoms with Crippen LogP contribution < -0.4 is 10.5 Å². The van der Waals surface area contributed by atoms with Gasteiger partial charge in [0.2, 0.25) is 0 Å². The first-order valence-corrected chi connectivity index (χ1v) is 9.17. The number of benzene rings is 1. The number of hydrogen-bond donors (Lipinski definition) is 1. The Hall–Kier alpha value is -2.47. The van der Waals surface area contributed by atoms with Crippen LogP contribution in [0.3, 0.4) is 0 Å². The number of ether oxygens (including phenoxy) is 1. The second-order valence-electron chi connectivity index (χ2n) is 6.70. The maximum absolute atomic E-state index is 13.0. The molecule has 1 aromatic carbocycles. The Labute approximate surface area is 154 Å². The summed E-state index contributed by atoms with van der Waals surface area (Å²) in [6, 6.07) is 7.61. The number of carbonyl (C=O) groups is 1. The Morgan fingerprint density at radius 2 is 2.27 bits per heavy atom. The van der Waals surface area contributed by atoms with E-state index in [-0.39, 0.29) is 11.8 Å². The fraction of sp³-hybridized carbons (Fsp3) is 0.450. The third kappa shape index (κ3) is 4.38. The molecule has 1 fully saturated rings. The molecule has 0 saturated carbocycles. The molecular formula is C20H26N4O2. The van der Waals surface area contributed by atoms with Gasteiger partial charge in [0.25, 0.3) is 5.91 Å². The van der Waals surface area contributed by atoms with Crippen LogP contribution in [-0.2, 0) is 0 Å². The molecule has 2 aromatic rings. The summed E-state index contributed by atoms with van der Waals surface area (Å²) in [6.07, 6.45) is 6.15. The SMILES string of the molecule is Cc1ccc(C(=O)N2CCCC(c3ccncn3)C2)cc1OCCCN. The van der Waals surface area contributed by atoms with Crippen LogP contribution >= 0.6 is 0 Å². The van der Waals surface area contributed by atoms with Crippen LogP contribution in [0, 0.1) is 6.92 Å². The summed E-state index contributed by atoms with van der Waals surface area (Å²) in [5.74, 6) is 1.07. The summed E-state index contributed by atoms with van der Waals surface area (Å²) in [6.45, 7) is 4.60. The lowest BCUT2D eigenvalue weighted by atomic mass is 9.94. The molecule has 1 saturated heterocycles. The summed E-state index contributed by atoms with van der Waals surface area (Å²) in [5, 5.41) is 0. The Bertz CT molecular complexity index is 736. The van der Waals surface area contributed by atoms with E-state index < -0.39 is 0 Å². The summed E-state index contributed by atoms with van der Waals surface area (Å²) in [5.41, 5.74) is 8.22. The lowest BCUT2D eigenvalue weighted by molar-refractivity contribution is 0.0705. The van der Waals surface area contributed by atoms with Crippen LogP contribution in [0.4, 0.5) is 0 Å². The molecule has 1 atom stereocenters. The summed E-state index contributed by atoms with van der Waals surface area (Å²) >= 11 is 0. The van der Waals surface area contributed by atoms with Crippen LogP contribution in [0.25, 0.3) is 0 Å². The third-order valence-electron chi connectivity index (χ3n) is 4.77. The number of aryl methyl sites for hydroxylation is 1. The van der Waals surface area contributed by atoms with Crippen molar-refractivity contribution in [3.8, 4) is 5.75 Å². The van der Waals surface area contributed by atoms with E-state index in [4.69, 9.17) is 10.5 Å². The quantitative estimate of drug-likeness (QED) is 0.806. The van der Waals surface area contributed by atoms with Gasteiger partial charge in [0.15, 0.2) is 0 Å². The number of piperidine rings is 1. The zero-order valence-electron chi connectivity index (χ0n) is 15.2. The smallest absolute Gasteiger partial charge is 0.254 e. The molecule has 2 heterocycles. The Morgan fingerprint density at radius 3 is 3.04 bits per heavy atom. The van der Waals surface area contributed by atoms with E-state index in [0.717, 1.165) is 42.8 Å². The predicted molar refractivity (Wildman–Crippen MR) is 100 cm³/mol. The van der Waals surface area contributed by atoms with E-state index in [9.17, 15) is 4.79 Å². The average Bonchev–Trinajstić information content (AvgIpc) is 2.70. The molecule has 26 heavy (non-hydrogen) atoms. The topological polar surface area (TPSA) is 81.3 Å². The molecule has 3 rings (SSSR count). The maximum atomic E-state index is 13.0. The zero-order chi connectivity index (χ0) is 18.4. The van der Waals surface area contributed by atoms with Gasteiger partial charge in [0.05, 0.1) is 6.61 Å². The van der Waals surface area contributed by atoms with Gasteiger partial charge in [-0.15, -0.1) is 0 Å². The molecular weight excluding hydrogens is 328 g/mol. The second-order valence-corrected chi connectivity index (χ2v) is 6.70. The molecule has 1 unspecified atom stereocenters. The zero-order valence-corrected chi connectivity index (χ0v) is 15.2. The van der Waals surface area contributed by atoms with Gasteiger partial charge in [-0.1, -0.05) is 6.07 Å². The highest BCUT2D eigenvalue weighted by Gasteiger charge is 2.26. The molecule has 1 aromatic heterocycles. The monoisotopic (exact) mass is 354 g/mol. The number of likely N-dealkylation sites (tertiary alicyclic amines) is 1. The fourth-order valence-electron chi connectivity index (χ4n) is 3.28. The highest BCUT2D eigenvalue weighted by molar-refractivity contribution is 5.94. The lowest BCUT2D eigenvalue weighted by Crippen LogP contribution is -2.39. The number of aromatic nitrogens is 2. The van der Waals surface area contributed by atoms with E-state index in [2.05, 4.69) is 9.97 Å². The van der Waals surface area contributed by atoms with E-state index >= 15 is 0 Å². The van der Waals surface area contributed by atoms with E-state index in [1.807, 2.05) is 36.1 Å². The fourth-order valence-corrected chi connectivity index (χ4v) is 3.28. The van der Waals surface area contributed by atoms with Crippen LogP contribution in [0.1, 0.15) is 46.8 Å². The van der Waals surface area contributed by atoms with Gasteiger partial charge in [0.1, 0.15) is 12.1 Å². The Morgan fingerprint density at radius 1 is 1.38 bits per heavy atom. The van der Waals surface area contributed by atoms with Crippen molar-refractivity contribution in [1.29, 1.82) is 0 Å². The van der Waals surface area contributed by atoms with Gasteiger partial charge < -0.3 is 15.4 Å². The molecule has 2 N–H and O–H groups in total. The molecule has 1 amide bonds. The van der Waals surface area contributed by atoms with Gasteiger partial charge >= 0.3 is 0 Å². The lowest BCUT2D eigenvalue weighted by Gasteiger charge is -2.32. The van der Waals surface area contributed by atoms with Crippen molar-refractivity contribution in [2.45, 2.75) is 32.1 Å². The Kier molecular flexibility index (Phi) is 6.17. The highest BCUT2D eigenvalue weighted by atomic mass is 16.5. The number of nitrogens with two attached hydrogens (primary N) is 1. The molecule has 6 heteroatoms. The van der Waals surface area contributed by atoms with Crippen LogP contribution in [0.2, 0.25) is 0 Å². The Balaban J connectivity index is 1.71. The molecule has 0 radical (unpaired) electrons. The minimum Gasteiger partial charge on any atom is -0.493 e. The molecule has 1 aliphatic rings. The predicted octanol–water partition coefficient (Wildman–Crippen LogP) is 2.53.